The summed E-state index contributed by atoms with van der Waals surface area (Å²) in [4.78, 5) is 24.1. The normalized spacial score (nSPS) is 13.6. The second-order valence-electron chi connectivity index (χ2n) is 8.53. The Bertz CT molecular complexity index is 1350. The van der Waals surface area contributed by atoms with Crippen molar-refractivity contribution in [2.24, 2.45) is 0 Å². The molecule has 0 fully saturated rings. The van der Waals surface area contributed by atoms with E-state index in [1.165, 1.54) is 35.8 Å². The van der Waals surface area contributed by atoms with E-state index in [0.717, 1.165) is 6.20 Å². The highest BCUT2D eigenvalue weighted by molar-refractivity contribution is 7.89. The van der Waals surface area contributed by atoms with Crippen molar-refractivity contribution in [1.29, 1.82) is 0 Å². The molecule has 0 saturated carbocycles. The van der Waals surface area contributed by atoms with Crippen LogP contribution in [0.3, 0.4) is 0 Å². The van der Waals surface area contributed by atoms with E-state index in [1.54, 1.807) is 27.7 Å². The number of sulfonamides is 1. The first-order chi connectivity index (χ1) is 16.1. The Morgan fingerprint density at radius 2 is 1.77 bits per heavy atom. The maximum absolute atomic E-state index is 13.6. The smallest absolute Gasteiger partial charge is 0.443 e. The Morgan fingerprint density at radius 1 is 1.17 bits per heavy atom. The van der Waals surface area contributed by atoms with E-state index in [1.807, 2.05) is 0 Å². The van der Waals surface area contributed by atoms with Gasteiger partial charge in [-0.2, -0.15) is 17.5 Å². The number of aromatic nitrogens is 4. The largest absolute Gasteiger partial charge is 0.451 e. The van der Waals surface area contributed by atoms with E-state index in [9.17, 15) is 26.4 Å². The van der Waals surface area contributed by atoms with Gasteiger partial charge in [-0.1, -0.05) is 11.6 Å². The molecule has 0 N–H and O–H groups in total. The molecule has 0 aliphatic rings. The zero-order valence-corrected chi connectivity index (χ0v) is 21.0. The lowest BCUT2D eigenvalue weighted by Crippen LogP contribution is -2.43. The molecule has 2 aromatic heterocycles. The summed E-state index contributed by atoms with van der Waals surface area (Å²) in [6.07, 6.45) is -5.07. The van der Waals surface area contributed by atoms with Gasteiger partial charge in [0.25, 0.3) is 10.0 Å². The molecule has 0 bridgehead atoms. The minimum absolute atomic E-state index is 0.00901. The minimum Gasteiger partial charge on any atom is -0.443 e. The van der Waals surface area contributed by atoms with Gasteiger partial charge in [-0.15, -0.1) is 0 Å². The minimum atomic E-state index is -4.79. The van der Waals surface area contributed by atoms with Gasteiger partial charge < -0.3 is 9.30 Å². The Hall–Kier alpha value is -2.93. The average molecular weight is 534 g/mol. The molecule has 0 aliphatic heterocycles. The number of nitrogens with zero attached hydrogens (tertiary/aromatic N) is 5. The number of imidazole rings is 1. The van der Waals surface area contributed by atoms with Crippen LogP contribution in [0.5, 0.6) is 0 Å². The molecule has 0 saturated heterocycles. The van der Waals surface area contributed by atoms with Crippen LogP contribution in [0.15, 0.2) is 35.4 Å². The quantitative estimate of drug-likeness (QED) is 0.443. The maximum Gasteiger partial charge on any atom is 0.451 e. The zero-order valence-electron chi connectivity index (χ0n) is 19.5. The second-order valence-corrected chi connectivity index (χ2v) is 10.8. The highest BCUT2D eigenvalue weighted by Gasteiger charge is 2.40. The molecule has 0 aliphatic carbocycles. The molecular weight excluding hydrogens is 511 g/mol. The number of amides is 1. The maximum atomic E-state index is 13.6. The van der Waals surface area contributed by atoms with E-state index in [0.29, 0.717) is 4.31 Å². The Kier molecular flexibility index (Phi) is 7.06. The fourth-order valence-corrected chi connectivity index (χ4v) is 4.88. The number of fused-ring (bicyclic) bond motifs is 1. The van der Waals surface area contributed by atoms with Gasteiger partial charge in [0, 0.05) is 11.6 Å². The van der Waals surface area contributed by atoms with Gasteiger partial charge in [0.15, 0.2) is 5.65 Å². The summed E-state index contributed by atoms with van der Waals surface area (Å²) in [6, 6.07) is 3.87. The van der Waals surface area contributed by atoms with E-state index in [2.05, 4.69) is 15.0 Å². The van der Waals surface area contributed by atoms with Gasteiger partial charge in [0.2, 0.25) is 5.82 Å². The van der Waals surface area contributed by atoms with Crippen LogP contribution in [-0.2, 0) is 27.5 Å². The molecule has 3 aromatic rings. The van der Waals surface area contributed by atoms with Gasteiger partial charge in [0.1, 0.15) is 23.0 Å². The molecule has 14 heteroatoms. The number of benzene rings is 1. The monoisotopic (exact) mass is 533 g/mol. The predicted octanol–water partition coefficient (Wildman–Crippen LogP) is 5.21. The highest BCUT2D eigenvalue weighted by Crippen LogP contribution is 2.32. The van der Waals surface area contributed by atoms with E-state index in [4.69, 9.17) is 16.3 Å². The fourth-order valence-electron chi connectivity index (χ4n) is 3.30. The summed E-state index contributed by atoms with van der Waals surface area (Å²) >= 11 is 5.87. The van der Waals surface area contributed by atoms with Gasteiger partial charge in [-0.25, -0.2) is 28.2 Å². The van der Waals surface area contributed by atoms with E-state index >= 15 is 0 Å². The highest BCUT2D eigenvalue weighted by atomic mass is 35.5. The molecule has 0 spiro atoms. The summed E-state index contributed by atoms with van der Waals surface area (Å²) in [5, 5.41) is 0.285. The lowest BCUT2D eigenvalue weighted by molar-refractivity contribution is -0.144. The SMILES string of the molecule is CCn1c(C(C)N(C(=O)OC(C)(C)C)S(=O)(=O)c2ccc(Cl)cc2)nc2cnc(C(F)(F)F)nc21. The lowest BCUT2D eigenvalue weighted by Gasteiger charge is -2.30. The summed E-state index contributed by atoms with van der Waals surface area (Å²) < 4.78 is 73.8. The molecule has 3 rings (SSSR count). The van der Waals surface area contributed by atoms with Crippen molar-refractivity contribution in [3.63, 3.8) is 0 Å². The molecule has 0 radical (unpaired) electrons. The van der Waals surface area contributed by atoms with Gasteiger partial charge in [-0.3, -0.25) is 0 Å². The molecule has 9 nitrogen and oxygen atoms in total. The van der Waals surface area contributed by atoms with Crippen molar-refractivity contribution < 1.29 is 31.1 Å². The third kappa shape index (κ3) is 5.50. The van der Waals surface area contributed by atoms with E-state index < -0.39 is 39.8 Å². The molecule has 2 heterocycles. The summed E-state index contributed by atoms with van der Waals surface area (Å²) in [5.74, 6) is -1.38. The molecule has 1 unspecified atom stereocenters. The van der Waals surface area contributed by atoms with Gasteiger partial charge >= 0.3 is 12.3 Å². The summed E-state index contributed by atoms with van der Waals surface area (Å²) in [7, 11) is -4.50. The standard InChI is InChI=1S/C21H23ClF3N5O4S/c1-6-29-16(27-15-11-26-18(21(23,24)25)28-17(15)29)12(2)30(19(31)34-20(3,4)5)35(32,33)14-9-7-13(22)8-10-14/h7-12H,6H2,1-5H3. The number of rotatable bonds is 5. The number of alkyl halides is 3. The van der Waals surface area contributed by atoms with Gasteiger partial charge in [0.05, 0.1) is 11.1 Å². The lowest BCUT2D eigenvalue weighted by atomic mass is 10.2. The van der Waals surface area contributed by atoms with Crippen LogP contribution in [0.25, 0.3) is 11.2 Å². The van der Waals surface area contributed by atoms with Crippen molar-refractivity contribution in [2.75, 3.05) is 0 Å². The average Bonchev–Trinajstić information content (AvgIpc) is 3.10. The van der Waals surface area contributed by atoms with Crippen molar-refractivity contribution in [3.05, 3.63) is 47.1 Å². The molecular formula is C21H23ClF3N5O4S. The van der Waals surface area contributed by atoms with E-state index in [-0.39, 0.29) is 33.5 Å². The number of halogens is 4. The number of hydrogen-bond donors (Lipinski definition) is 0. The molecule has 190 valence electrons. The number of carbonyl (C=O) groups excluding carboxylic acids is 1. The van der Waals surface area contributed by atoms with Gasteiger partial charge in [-0.05, 0) is 58.9 Å². The Morgan fingerprint density at radius 3 is 2.29 bits per heavy atom. The molecule has 1 aromatic carbocycles. The molecule has 35 heavy (non-hydrogen) atoms. The third-order valence-electron chi connectivity index (χ3n) is 4.76. The first-order valence-corrected chi connectivity index (χ1v) is 12.2. The Balaban J connectivity index is 2.20. The van der Waals surface area contributed by atoms with Crippen molar-refractivity contribution in [1.82, 2.24) is 23.8 Å². The number of aryl methyl sites for hydroxylation is 1. The molecule has 1 atom stereocenters. The fraction of sp³-hybridized carbons (Fsp3) is 0.429. The van der Waals surface area contributed by atoms with Crippen LogP contribution in [0.2, 0.25) is 5.02 Å². The number of hydrogen-bond acceptors (Lipinski definition) is 7. The van der Waals surface area contributed by atoms with Crippen molar-refractivity contribution in [3.8, 4) is 0 Å². The van der Waals surface area contributed by atoms with Crippen LogP contribution in [0.4, 0.5) is 18.0 Å². The Labute approximate surface area is 204 Å². The zero-order chi connectivity index (χ0) is 26.3. The number of carbonyl (C=O) groups is 1. The van der Waals surface area contributed by atoms with Crippen molar-refractivity contribution >= 4 is 38.9 Å². The van der Waals surface area contributed by atoms with Crippen LogP contribution >= 0.6 is 11.6 Å². The molecule has 1 amide bonds. The van der Waals surface area contributed by atoms with Crippen LogP contribution < -0.4 is 0 Å². The van der Waals surface area contributed by atoms with Crippen LogP contribution in [0.1, 0.15) is 52.3 Å². The predicted molar refractivity (Wildman–Crippen MR) is 121 cm³/mol. The summed E-state index contributed by atoms with van der Waals surface area (Å²) in [5.41, 5.74) is -1.18. The third-order valence-corrected chi connectivity index (χ3v) is 6.86. The first kappa shape index (κ1) is 26.7. The van der Waals surface area contributed by atoms with Crippen molar-refractivity contribution in [2.45, 2.75) is 63.9 Å². The second kappa shape index (κ2) is 9.26. The van der Waals surface area contributed by atoms with Crippen LogP contribution in [0, 0.1) is 0 Å². The van der Waals surface area contributed by atoms with Crippen LogP contribution in [-0.4, -0.2) is 43.9 Å². The summed E-state index contributed by atoms with van der Waals surface area (Å²) in [6.45, 7) is 7.79. The first-order valence-electron chi connectivity index (χ1n) is 10.4. The topological polar surface area (TPSA) is 107 Å². The number of ether oxygens (including phenoxy) is 1.